The van der Waals surface area contributed by atoms with Gasteiger partial charge in [-0.2, -0.15) is 0 Å². The lowest BCUT2D eigenvalue weighted by atomic mass is 9.90. The third-order valence-corrected chi connectivity index (χ3v) is 3.37. The maximum absolute atomic E-state index is 13.4. The van der Waals surface area contributed by atoms with Crippen LogP contribution in [0.25, 0.3) is 0 Å². The fourth-order valence-electron chi connectivity index (χ4n) is 1.86. The fourth-order valence-corrected chi connectivity index (χ4v) is 2.99. The molecule has 1 atom stereocenters. The Morgan fingerprint density at radius 3 is 2.55 bits per heavy atom. The number of rotatable bonds is 5. The van der Waals surface area contributed by atoms with Crippen LogP contribution < -0.4 is 5.32 Å². The van der Waals surface area contributed by atoms with Crippen LogP contribution in [-0.4, -0.2) is 17.3 Å². The van der Waals surface area contributed by atoms with Crippen LogP contribution in [0, 0.1) is 17.0 Å². The van der Waals surface area contributed by atoms with Gasteiger partial charge in [0.15, 0.2) is 0 Å². The molecule has 1 unspecified atom stereocenters. The van der Waals surface area contributed by atoms with E-state index >= 15 is 0 Å². The minimum Gasteiger partial charge on any atom is -0.355 e. The Labute approximate surface area is 127 Å². The summed E-state index contributed by atoms with van der Waals surface area (Å²) in [6, 6.07) is 3.24. The monoisotopic (exact) mass is 347 g/mol. The van der Waals surface area contributed by atoms with Gasteiger partial charge >= 0.3 is 0 Å². The molecule has 0 heterocycles. The van der Waals surface area contributed by atoms with E-state index in [9.17, 15) is 13.6 Å². The molecule has 0 saturated carbocycles. The van der Waals surface area contributed by atoms with Crippen molar-refractivity contribution in [1.29, 1.82) is 0 Å². The van der Waals surface area contributed by atoms with E-state index in [2.05, 4.69) is 42.0 Å². The van der Waals surface area contributed by atoms with Gasteiger partial charge in [-0.25, -0.2) is 8.78 Å². The van der Waals surface area contributed by atoms with Crippen molar-refractivity contribution < 1.29 is 13.6 Å². The molecule has 1 aromatic rings. The normalized spacial score (nSPS) is 13.1. The molecule has 0 fully saturated rings. The highest BCUT2D eigenvalue weighted by Gasteiger charge is 2.17. The van der Waals surface area contributed by atoms with Crippen LogP contribution in [0.4, 0.5) is 8.78 Å². The molecule has 5 heteroatoms. The Hall–Kier alpha value is -0.970. The number of halogens is 3. The summed E-state index contributed by atoms with van der Waals surface area (Å²) in [6.07, 6.45) is 0.833. The Morgan fingerprint density at radius 1 is 1.35 bits per heavy atom. The topological polar surface area (TPSA) is 29.1 Å². The molecule has 0 aliphatic carbocycles. The van der Waals surface area contributed by atoms with E-state index in [1.807, 2.05) is 0 Å². The summed E-state index contributed by atoms with van der Waals surface area (Å²) in [5.74, 6) is -1.60. The average molecular weight is 348 g/mol. The highest BCUT2D eigenvalue weighted by molar-refractivity contribution is 9.09. The Bertz CT molecular complexity index is 471. The number of amides is 1. The van der Waals surface area contributed by atoms with Crippen molar-refractivity contribution in [1.82, 2.24) is 5.32 Å². The standard InChI is InChI=1S/C15H20BrF2NO/c1-15(2,3)8-11(16)9-19-14(20)6-10-4-5-12(17)7-13(10)18/h4-5,7,11H,6,8-9H2,1-3H3,(H,19,20). The van der Waals surface area contributed by atoms with E-state index in [1.54, 1.807) is 0 Å². The molecule has 20 heavy (non-hydrogen) atoms. The van der Waals surface area contributed by atoms with Crippen LogP contribution in [-0.2, 0) is 11.2 Å². The third-order valence-electron chi connectivity index (χ3n) is 2.72. The largest absolute Gasteiger partial charge is 0.355 e. The van der Waals surface area contributed by atoms with E-state index in [4.69, 9.17) is 0 Å². The van der Waals surface area contributed by atoms with Crippen LogP contribution in [0.2, 0.25) is 0 Å². The molecule has 1 N–H and O–H groups in total. The molecular formula is C15H20BrF2NO. The van der Waals surface area contributed by atoms with Gasteiger partial charge < -0.3 is 5.32 Å². The van der Waals surface area contributed by atoms with Crippen molar-refractivity contribution in [3.8, 4) is 0 Å². The Balaban J connectivity index is 2.44. The minimum absolute atomic E-state index is 0.0820. The number of carbonyl (C=O) groups is 1. The highest BCUT2D eigenvalue weighted by Crippen LogP contribution is 2.24. The van der Waals surface area contributed by atoms with E-state index in [-0.39, 0.29) is 28.1 Å². The zero-order valence-electron chi connectivity index (χ0n) is 12.0. The van der Waals surface area contributed by atoms with Gasteiger partial charge in [-0.3, -0.25) is 4.79 Å². The first-order valence-electron chi connectivity index (χ1n) is 6.52. The Kier molecular flexibility index (Phi) is 6.11. The van der Waals surface area contributed by atoms with Crippen LogP contribution in [0.15, 0.2) is 18.2 Å². The van der Waals surface area contributed by atoms with Crippen molar-refractivity contribution in [2.75, 3.05) is 6.54 Å². The number of carbonyl (C=O) groups excluding carboxylic acids is 1. The summed E-state index contributed by atoms with van der Waals surface area (Å²) >= 11 is 3.51. The quantitative estimate of drug-likeness (QED) is 0.806. The van der Waals surface area contributed by atoms with Gasteiger partial charge in [-0.1, -0.05) is 42.8 Å². The predicted octanol–water partition coefficient (Wildman–Crippen LogP) is 3.82. The number of benzene rings is 1. The second kappa shape index (κ2) is 7.16. The van der Waals surface area contributed by atoms with Gasteiger partial charge in [0.2, 0.25) is 5.91 Å². The van der Waals surface area contributed by atoms with Crippen molar-refractivity contribution in [3.05, 3.63) is 35.4 Å². The molecule has 0 bridgehead atoms. The first-order chi connectivity index (χ1) is 9.17. The molecular weight excluding hydrogens is 328 g/mol. The summed E-state index contributed by atoms with van der Waals surface area (Å²) < 4.78 is 26.2. The second-order valence-electron chi connectivity index (χ2n) is 6.08. The fraction of sp³-hybridized carbons (Fsp3) is 0.533. The first-order valence-corrected chi connectivity index (χ1v) is 7.43. The molecule has 112 valence electrons. The van der Waals surface area contributed by atoms with Crippen molar-refractivity contribution in [2.45, 2.75) is 38.4 Å². The van der Waals surface area contributed by atoms with Gasteiger partial charge in [0.1, 0.15) is 11.6 Å². The van der Waals surface area contributed by atoms with Crippen LogP contribution >= 0.6 is 15.9 Å². The zero-order chi connectivity index (χ0) is 15.3. The molecule has 1 rings (SSSR count). The SMILES string of the molecule is CC(C)(C)CC(Br)CNC(=O)Cc1ccc(F)cc1F. The van der Waals surface area contributed by atoms with Crippen LogP contribution in [0.1, 0.15) is 32.8 Å². The van der Waals surface area contributed by atoms with Crippen LogP contribution in [0.5, 0.6) is 0 Å². The smallest absolute Gasteiger partial charge is 0.224 e. The third kappa shape index (κ3) is 6.46. The molecule has 0 radical (unpaired) electrons. The average Bonchev–Trinajstić information content (AvgIpc) is 2.28. The maximum atomic E-state index is 13.4. The predicted molar refractivity (Wildman–Crippen MR) is 79.9 cm³/mol. The van der Waals surface area contributed by atoms with Gasteiger partial charge in [0, 0.05) is 17.4 Å². The molecule has 0 aliphatic heterocycles. The number of nitrogens with one attached hydrogen (secondary N) is 1. The van der Waals surface area contributed by atoms with Gasteiger partial charge in [0.05, 0.1) is 6.42 Å². The summed E-state index contributed by atoms with van der Waals surface area (Å²) in [7, 11) is 0. The number of alkyl halides is 1. The number of hydrogen-bond acceptors (Lipinski definition) is 1. The van der Waals surface area contributed by atoms with E-state index in [0.29, 0.717) is 6.54 Å². The zero-order valence-corrected chi connectivity index (χ0v) is 13.6. The van der Waals surface area contributed by atoms with E-state index in [1.165, 1.54) is 6.07 Å². The lowest BCUT2D eigenvalue weighted by Gasteiger charge is -2.22. The summed E-state index contributed by atoms with van der Waals surface area (Å²) in [5, 5.41) is 2.75. The van der Waals surface area contributed by atoms with Gasteiger partial charge in [-0.05, 0) is 23.5 Å². The lowest BCUT2D eigenvalue weighted by molar-refractivity contribution is -0.120. The summed E-state index contributed by atoms with van der Waals surface area (Å²) in [4.78, 5) is 11.9. The van der Waals surface area contributed by atoms with Crippen molar-refractivity contribution in [2.24, 2.45) is 5.41 Å². The maximum Gasteiger partial charge on any atom is 0.224 e. The molecule has 2 nitrogen and oxygen atoms in total. The van der Waals surface area contributed by atoms with Gasteiger partial charge in [0.25, 0.3) is 0 Å². The van der Waals surface area contributed by atoms with E-state index in [0.717, 1.165) is 18.6 Å². The highest BCUT2D eigenvalue weighted by atomic mass is 79.9. The molecule has 0 aliphatic rings. The summed E-state index contributed by atoms with van der Waals surface area (Å²) in [6.45, 7) is 6.85. The van der Waals surface area contributed by atoms with E-state index < -0.39 is 11.6 Å². The van der Waals surface area contributed by atoms with Crippen molar-refractivity contribution >= 4 is 21.8 Å². The minimum atomic E-state index is -0.690. The first kappa shape index (κ1) is 17.1. The molecule has 0 spiro atoms. The van der Waals surface area contributed by atoms with Crippen molar-refractivity contribution in [3.63, 3.8) is 0 Å². The molecule has 0 aromatic heterocycles. The van der Waals surface area contributed by atoms with Gasteiger partial charge in [-0.15, -0.1) is 0 Å². The molecule has 1 aromatic carbocycles. The molecule has 0 saturated heterocycles. The van der Waals surface area contributed by atoms with Crippen LogP contribution in [0.3, 0.4) is 0 Å². The number of hydrogen-bond donors (Lipinski definition) is 1. The lowest BCUT2D eigenvalue weighted by Crippen LogP contribution is -2.32. The summed E-state index contributed by atoms with van der Waals surface area (Å²) in [5.41, 5.74) is 0.368. The Morgan fingerprint density at radius 2 is 2.00 bits per heavy atom. The molecule has 1 amide bonds. The second-order valence-corrected chi connectivity index (χ2v) is 7.37.